The van der Waals surface area contributed by atoms with Gasteiger partial charge in [-0.2, -0.15) is 0 Å². The van der Waals surface area contributed by atoms with Gasteiger partial charge in [0.2, 0.25) is 0 Å². The smallest absolute Gasteiger partial charge is 0.326 e. The number of hydrazine groups is 1. The summed E-state index contributed by atoms with van der Waals surface area (Å²) in [6, 6.07) is 3.69. The first-order valence-corrected chi connectivity index (χ1v) is 6.80. The summed E-state index contributed by atoms with van der Waals surface area (Å²) in [5, 5.41) is 21.0. The van der Waals surface area contributed by atoms with Gasteiger partial charge >= 0.3 is 5.97 Å². The lowest BCUT2D eigenvalue weighted by atomic mass is 10.1. The first kappa shape index (κ1) is 15.6. The number of phenols is 1. The number of methoxy groups -OCH3 is 1. The number of piperazine rings is 1. The number of carboxylic acids is 1. The molecule has 1 atom stereocenters. The Morgan fingerprint density at radius 1 is 1.33 bits per heavy atom. The first-order valence-electron chi connectivity index (χ1n) is 6.80. The third kappa shape index (κ3) is 3.84. The molecule has 2 rings (SSSR count). The van der Waals surface area contributed by atoms with Gasteiger partial charge in [-0.1, -0.05) is 6.07 Å². The van der Waals surface area contributed by atoms with E-state index in [1.807, 2.05) is 12.1 Å². The maximum absolute atomic E-state index is 11.5. The summed E-state index contributed by atoms with van der Waals surface area (Å²) in [5.41, 5.74) is 3.57. The number of carboxylic acid groups (broad SMARTS) is 1. The van der Waals surface area contributed by atoms with Crippen molar-refractivity contribution in [3.8, 4) is 11.5 Å². The van der Waals surface area contributed by atoms with Crippen molar-refractivity contribution in [2.75, 3.05) is 40.3 Å². The average Bonchev–Trinajstić information content (AvgIpc) is 2.47. The molecular weight excluding hydrogens is 274 g/mol. The van der Waals surface area contributed by atoms with Crippen LogP contribution in [0.5, 0.6) is 11.5 Å². The molecule has 3 N–H and O–H groups in total. The SMILES string of the molecule is COc1cc(C(NN2CCN(C)CC2)C(=O)O)ccc1O. The molecule has 1 aromatic rings. The number of likely N-dealkylation sites (N-methyl/N-ethyl adjacent to an activating group) is 1. The Hall–Kier alpha value is -1.83. The quantitative estimate of drug-likeness (QED) is 0.719. The molecule has 0 saturated carbocycles. The summed E-state index contributed by atoms with van der Waals surface area (Å²) < 4.78 is 5.03. The lowest BCUT2D eigenvalue weighted by Gasteiger charge is -2.34. The van der Waals surface area contributed by atoms with E-state index >= 15 is 0 Å². The minimum Gasteiger partial charge on any atom is -0.504 e. The predicted octanol–water partition coefficient (Wildman–Crippen LogP) is 0.279. The number of nitrogens with one attached hydrogen (secondary N) is 1. The Balaban J connectivity index is 2.13. The van der Waals surface area contributed by atoms with Crippen molar-refractivity contribution < 1.29 is 19.7 Å². The van der Waals surface area contributed by atoms with Gasteiger partial charge < -0.3 is 19.8 Å². The second kappa shape index (κ2) is 6.75. The van der Waals surface area contributed by atoms with E-state index in [0.717, 1.165) is 26.2 Å². The largest absolute Gasteiger partial charge is 0.504 e. The molecule has 1 aliphatic heterocycles. The Bertz CT molecular complexity index is 501. The van der Waals surface area contributed by atoms with Crippen LogP contribution < -0.4 is 10.2 Å². The highest BCUT2D eigenvalue weighted by atomic mass is 16.5. The highest BCUT2D eigenvalue weighted by Gasteiger charge is 2.25. The number of phenolic OH excluding ortho intramolecular Hbond substituents is 1. The van der Waals surface area contributed by atoms with Crippen molar-refractivity contribution >= 4 is 5.97 Å². The van der Waals surface area contributed by atoms with Gasteiger partial charge in [-0.15, -0.1) is 0 Å². The molecule has 0 bridgehead atoms. The maximum atomic E-state index is 11.5. The zero-order valence-corrected chi connectivity index (χ0v) is 12.2. The Morgan fingerprint density at radius 2 is 2.00 bits per heavy atom. The normalized spacial score (nSPS) is 18.4. The molecule has 1 saturated heterocycles. The Morgan fingerprint density at radius 3 is 2.57 bits per heavy atom. The summed E-state index contributed by atoms with van der Waals surface area (Å²) in [5.74, 6) is -0.717. The number of hydrogen-bond donors (Lipinski definition) is 3. The van der Waals surface area contributed by atoms with Gasteiger partial charge in [0.25, 0.3) is 0 Å². The molecule has 1 aromatic carbocycles. The Kier molecular flexibility index (Phi) is 5.00. The molecule has 1 aliphatic rings. The fraction of sp³-hybridized carbons (Fsp3) is 0.500. The molecule has 1 fully saturated rings. The average molecular weight is 295 g/mol. The number of hydrogen-bond acceptors (Lipinski definition) is 6. The van der Waals surface area contributed by atoms with E-state index in [2.05, 4.69) is 10.3 Å². The fourth-order valence-electron chi connectivity index (χ4n) is 2.26. The minimum atomic E-state index is -0.971. The molecule has 1 heterocycles. The zero-order valence-electron chi connectivity index (χ0n) is 12.2. The standard InChI is InChI=1S/C14H21N3O4/c1-16-5-7-17(8-6-16)15-13(14(19)20)10-3-4-11(18)12(9-10)21-2/h3-4,9,13,15,18H,5-8H2,1-2H3,(H,19,20). The van der Waals surface area contributed by atoms with Gasteiger partial charge in [-0.05, 0) is 24.7 Å². The molecule has 0 amide bonds. The van der Waals surface area contributed by atoms with E-state index < -0.39 is 12.0 Å². The van der Waals surface area contributed by atoms with Crippen molar-refractivity contribution in [1.82, 2.24) is 15.3 Å². The van der Waals surface area contributed by atoms with Gasteiger partial charge in [-0.3, -0.25) is 4.79 Å². The van der Waals surface area contributed by atoms with Crippen molar-refractivity contribution in [2.45, 2.75) is 6.04 Å². The third-order valence-electron chi connectivity index (χ3n) is 3.60. The van der Waals surface area contributed by atoms with Gasteiger partial charge in [0.1, 0.15) is 6.04 Å². The van der Waals surface area contributed by atoms with Crippen LogP contribution in [0.15, 0.2) is 18.2 Å². The van der Waals surface area contributed by atoms with Gasteiger partial charge in [-0.25, -0.2) is 10.4 Å². The number of nitrogens with zero attached hydrogens (tertiary/aromatic N) is 2. The van der Waals surface area contributed by atoms with Crippen LogP contribution in [0.3, 0.4) is 0 Å². The lowest BCUT2D eigenvalue weighted by molar-refractivity contribution is -0.141. The summed E-state index contributed by atoms with van der Waals surface area (Å²) in [6.07, 6.45) is 0. The summed E-state index contributed by atoms with van der Waals surface area (Å²) in [4.78, 5) is 13.7. The third-order valence-corrected chi connectivity index (χ3v) is 3.60. The molecule has 0 spiro atoms. The van der Waals surface area contributed by atoms with E-state index in [-0.39, 0.29) is 11.5 Å². The minimum absolute atomic E-state index is 0.00927. The molecule has 0 radical (unpaired) electrons. The zero-order chi connectivity index (χ0) is 15.4. The summed E-state index contributed by atoms with van der Waals surface area (Å²) in [7, 11) is 3.47. The van der Waals surface area contributed by atoms with Gasteiger partial charge in [0.05, 0.1) is 7.11 Å². The van der Waals surface area contributed by atoms with Crippen LogP contribution in [0.25, 0.3) is 0 Å². The van der Waals surface area contributed by atoms with Crippen LogP contribution in [-0.4, -0.2) is 66.4 Å². The van der Waals surface area contributed by atoms with E-state index in [1.54, 1.807) is 6.07 Å². The highest BCUT2D eigenvalue weighted by Crippen LogP contribution is 2.29. The number of ether oxygens (including phenoxy) is 1. The Labute approximate surface area is 123 Å². The summed E-state index contributed by atoms with van der Waals surface area (Å²) in [6.45, 7) is 3.29. The van der Waals surface area contributed by atoms with Crippen molar-refractivity contribution in [2.24, 2.45) is 0 Å². The molecule has 7 heteroatoms. The van der Waals surface area contributed by atoms with Crippen LogP contribution in [0.2, 0.25) is 0 Å². The van der Waals surface area contributed by atoms with Crippen molar-refractivity contribution in [3.63, 3.8) is 0 Å². The number of carbonyl (C=O) groups is 1. The molecule has 7 nitrogen and oxygen atoms in total. The number of benzene rings is 1. The number of aromatic hydroxyl groups is 1. The molecule has 21 heavy (non-hydrogen) atoms. The first-order chi connectivity index (χ1) is 10.0. The topological polar surface area (TPSA) is 85.3 Å². The summed E-state index contributed by atoms with van der Waals surface area (Å²) >= 11 is 0. The maximum Gasteiger partial charge on any atom is 0.326 e. The monoisotopic (exact) mass is 295 g/mol. The fourth-order valence-corrected chi connectivity index (χ4v) is 2.26. The molecule has 1 unspecified atom stereocenters. The van der Waals surface area contributed by atoms with Crippen molar-refractivity contribution in [1.29, 1.82) is 0 Å². The van der Waals surface area contributed by atoms with Crippen LogP contribution >= 0.6 is 0 Å². The number of rotatable bonds is 5. The van der Waals surface area contributed by atoms with Crippen LogP contribution in [0.4, 0.5) is 0 Å². The van der Waals surface area contributed by atoms with Gasteiger partial charge in [0.15, 0.2) is 11.5 Å². The van der Waals surface area contributed by atoms with Crippen LogP contribution in [0, 0.1) is 0 Å². The second-order valence-corrected chi connectivity index (χ2v) is 5.12. The lowest BCUT2D eigenvalue weighted by Crippen LogP contribution is -2.52. The van der Waals surface area contributed by atoms with E-state index in [0.29, 0.717) is 5.56 Å². The molecular formula is C14H21N3O4. The van der Waals surface area contributed by atoms with Crippen molar-refractivity contribution in [3.05, 3.63) is 23.8 Å². The van der Waals surface area contributed by atoms with E-state index in [4.69, 9.17) is 4.74 Å². The highest BCUT2D eigenvalue weighted by molar-refractivity contribution is 5.75. The molecule has 0 aliphatic carbocycles. The molecule has 116 valence electrons. The van der Waals surface area contributed by atoms with E-state index in [1.165, 1.54) is 19.2 Å². The van der Waals surface area contributed by atoms with Crippen LogP contribution in [-0.2, 0) is 4.79 Å². The van der Waals surface area contributed by atoms with E-state index in [9.17, 15) is 15.0 Å². The van der Waals surface area contributed by atoms with Crippen LogP contribution in [0.1, 0.15) is 11.6 Å². The predicted molar refractivity (Wildman–Crippen MR) is 77.2 cm³/mol. The number of aliphatic carboxylic acids is 1. The molecule has 0 aromatic heterocycles. The van der Waals surface area contributed by atoms with Gasteiger partial charge in [0, 0.05) is 26.2 Å². The second-order valence-electron chi connectivity index (χ2n) is 5.12.